The quantitative estimate of drug-likeness (QED) is 0.138. The Balaban J connectivity index is 1.21. The second kappa shape index (κ2) is 9.46. The van der Waals surface area contributed by atoms with Gasteiger partial charge in [0.2, 0.25) is 0 Å². The van der Waals surface area contributed by atoms with Gasteiger partial charge in [0.15, 0.2) is 22.4 Å². The Labute approximate surface area is 298 Å². The van der Waals surface area contributed by atoms with Crippen molar-refractivity contribution in [3.05, 3.63) is 156 Å². The van der Waals surface area contributed by atoms with Gasteiger partial charge in [-0.3, -0.25) is 19.2 Å². The second-order valence-corrected chi connectivity index (χ2v) is 14.4. The van der Waals surface area contributed by atoms with E-state index in [0.717, 1.165) is 70.6 Å². The summed E-state index contributed by atoms with van der Waals surface area (Å²) in [4.78, 5) is 56.2. The molecule has 0 fully saturated rings. The van der Waals surface area contributed by atoms with E-state index in [0.29, 0.717) is 49.3 Å². The molecule has 12 rings (SSSR count). The summed E-state index contributed by atoms with van der Waals surface area (Å²) < 4.78 is 1.96. The van der Waals surface area contributed by atoms with Crippen molar-refractivity contribution < 1.29 is 9.59 Å². The standard InChI is InChI=1S/C46H25N3O4/c1-3-21-22-18-19-33-36-23(25-13-16-31-38-41(48-49(33)42(25)38)24-8-4-5-9-26(24)43(31)50)12-15-30(35(22)36)46(53)37(21)34-20(2)47-40-29(34)14-17-32-39(40)45(52)28-11-7-6-10-27(28)44(32)51/h3-20,47H,1-2H3/b21-3-,37-34-. The van der Waals surface area contributed by atoms with E-state index in [4.69, 9.17) is 5.10 Å². The maximum atomic E-state index is 15.0. The molecule has 1 aliphatic heterocycles. The molecule has 248 valence electrons. The highest BCUT2D eigenvalue weighted by molar-refractivity contribution is 6.33. The van der Waals surface area contributed by atoms with Gasteiger partial charge in [-0.25, -0.2) is 4.52 Å². The van der Waals surface area contributed by atoms with E-state index < -0.39 is 0 Å². The summed E-state index contributed by atoms with van der Waals surface area (Å²) in [5.74, 6) is -0.378. The van der Waals surface area contributed by atoms with Crippen molar-refractivity contribution in [2.45, 2.75) is 19.9 Å². The van der Waals surface area contributed by atoms with Crippen molar-refractivity contribution in [3.8, 4) is 0 Å². The number of benzene rings is 8. The summed E-state index contributed by atoms with van der Waals surface area (Å²) in [6.45, 7) is 3.95. The van der Waals surface area contributed by atoms with Crippen LogP contribution in [0.25, 0.3) is 82.1 Å². The van der Waals surface area contributed by atoms with Gasteiger partial charge < -0.3 is 5.32 Å². The van der Waals surface area contributed by atoms with Gasteiger partial charge in [0.05, 0.1) is 22.3 Å². The number of ketones is 2. The van der Waals surface area contributed by atoms with Crippen LogP contribution in [0.3, 0.4) is 0 Å². The van der Waals surface area contributed by atoms with E-state index in [-0.39, 0.29) is 28.5 Å². The van der Waals surface area contributed by atoms with Gasteiger partial charge in [-0.2, -0.15) is 5.10 Å². The molecule has 0 saturated heterocycles. The number of hydrogen-bond acceptors (Lipinski definition) is 6. The molecule has 7 heteroatoms. The Kier molecular flexibility index (Phi) is 5.12. The van der Waals surface area contributed by atoms with Crippen LogP contribution in [0, 0.1) is 0 Å². The molecule has 0 bridgehead atoms. The van der Waals surface area contributed by atoms with Crippen LogP contribution < -0.4 is 26.6 Å². The molecule has 3 heterocycles. The van der Waals surface area contributed by atoms with E-state index in [2.05, 4.69) is 17.4 Å². The summed E-state index contributed by atoms with van der Waals surface area (Å²) in [5, 5.41) is 18.4. The van der Waals surface area contributed by atoms with Gasteiger partial charge in [-0.1, -0.05) is 78.9 Å². The average molecular weight is 684 g/mol. The van der Waals surface area contributed by atoms with Crippen LogP contribution in [0.1, 0.15) is 51.3 Å². The van der Waals surface area contributed by atoms with Crippen LogP contribution >= 0.6 is 0 Å². The minimum absolute atomic E-state index is 0.00220. The normalized spacial score (nSPS) is 17.0. The molecule has 0 amide bonds. The van der Waals surface area contributed by atoms with E-state index in [1.54, 1.807) is 30.3 Å². The number of aromatic nitrogens is 2. The predicted octanol–water partition coefficient (Wildman–Crippen LogP) is 6.88. The van der Waals surface area contributed by atoms with E-state index in [1.165, 1.54) is 0 Å². The number of rotatable bonds is 0. The minimum Gasteiger partial charge on any atom is -0.377 e. The Hall–Kier alpha value is -6.99. The molecule has 1 N–H and O–H groups in total. The van der Waals surface area contributed by atoms with Crippen LogP contribution in [-0.4, -0.2) is 27.2 Å². The lowest BCUT2D eigenvalue weighted by molar-refractivity contribution is 0.0979. The first-order chi connectivity index (χ1) is 25.9. The first-order valence-corrected chi connectivity index (χ1v) is 17.8. The third kappa shape index (κ3) is 3.21. The van der Waals surface area contributed by atoms with Crippen LogP contribution in [0.4, 0.5) is 5.69 Å². The average Bonchev–Trinajstić information content (AvgIpc) is 3.75. The molecule has 1 atom stereocenters. The highest BCUT2D eigenvalue weighted by Gasteiger charge is 2.37. The van der Waals surface area contributed by atoms with Crippen LogP contribution in [0.15, 0.2) is 107 Å². The Bertz CT molecular complexity index is 3660. The van der Waals surface area contributed by atoms with E-state index in [1.807, 2.05) is 79.0 Å². The largest absolute Gasteiger partial charge is 0.377 e. The summed E-state index contributed by atoms with van der Waals surface area (Å²) in [5.41, 5.74) is 6.13. The van der Waals surface area contributed by atoms with Gasteiger partial charge in [-0.15, -0.1) is 0 Å². The zero-order valence-corrected chi connectivity index (χ0v) is 28.4. The summed E-state index contributed by atoms with van der Waals surface area (Å²) in [7, 11) is 0. The van der Waals surface area contributed by atoms with E-state index in [9.17, 15) is 14.4 Å². The highest BCUT2D eigenvalue weighted by Crippen LogP contribution is 2.43. The zero-order chi connectivity index (χ0) is 35.6. The molecule has 0 saturated carbocycles. The number of carbonyl (C=O) groups is 2. The number of pyridine rings is 1. The van der Waals surface area contributed by atoms with Crippen molar-refractivity contribution in [2.24, 2.45) is 0 Å². The number of anilines is 1. The second-order valence-electron chi connectivity index (χ2n) is 14.4. The third-order valence-corrected chi connectivity index (χ3v) is 11.9. The zero-order valence-electron chi connectivity index (χ0n) is 28.4. The molecule has 2 aliphatic rings. The van der Waals surface area contributed by atoms with Crippen molar-refractivity contribution in [1.29, 1.82) is 0 Å². The number of hydrogen-bond donors (Lipinski definition) is 1. The van der Waals surface area contributed by atoms with Crippen LogP contribution in [0.2, 0.25) is 0 Å². The van der Waals surface area contributed by atoms with Crippen molar-refractivity contribution >= 4 is 99.3 Å². The predicted molar refractivity (Wildman–Crippen MR) is 211 cm³/mol. The van der Waals surface area contributed by atoms with E-state index >= 15 is 4.79 Å². The molecule has 8 aromatic carbocycles. The fraction of sp³-hybridized carbons (Fsp3) is 0.0652. The molecule has 1 unspecified atom stereocenters. The van der Waals surface area contributed by atoms with Crippen molar-refractivity contribution in [3.63, 3.8) is 0 Å². The Morgan fingerprint density at radius 3 is 2.06 bits per heavy atom. The van der Waals surface area contributed by atoms with Crippen LogP contribution in [0.5, 0.6) is 0 Å². The summed E-state index contributed by atoms with van der Waals surface area (Å²) in [6.07, 6.45) is 2.00. The Morgan fingerprint density at radius 1 is 0.604 bits per heavy atom. The van der Waals surface area contributed by atoms with Gasteiger partial charge in [0.25, 0.3) is 0 Å². The molecule has 0 radical (unpaired) electrons. The molecular formula is C46H25N3O4. The molecule has 7 nitrogen and oxygen atoms in total. The van der Waals surface area contributed by atoms with Gasteiger partial charge in [-0.05, 0) is 59.7 Å². The molecular weight excluding hydrogens is 659 g/mol. The van der Waals surface area contributed by atoms with Gasteiger partial charge in [0.1, 0.15) is 5.52 Å². The molecule has 2 aromatic heterocycles. The summed E-state index contributed by atoms with van der Waals surface area (Å²) >= 11 is 0. The van der Waals surface area contributed by atoms with Crippen molar-refractivity contribution in [2.75, 3.05) is 5.32 Å². The minimum atomic E-state index is -0.308. The topological polar surface area (TPSA) is 97.6 Å². The lowest BCUT2D eigenvalue weighted by atomic mass is 9.82. The van der Waals surface area contributed by atoms with Crippen molar-refractivity contribution in [1.82, 2.24) is 9.61 Å². The lowest BCUT2D eigenvalue weighted by Gasteiger charge is -2.20. The number of carbonyl (C=O) groups excluding carboxylic acids is 2. The lowest BCUT2D eigenvalue weighted by Crippen LogP contribution is -2.43. The highest BCUT2D eigenvalue weighted by atomic mass is 16.1. The van der Waals surface area contributed by atoms with Gasteiger partial charge >= 0.3 is 0 Å². The third-order valence-electron chi connectivity index (χ3n) is 11.9. The fourth-order valence-corrected chi connectivity index (χ4v) is 9.74. The first kappa shape index (κ1) is 28.7. The number of nitrogens with one attached hydrogen (secondary N) is 1. The fourth-order valence-electron chi connectivity index (χ4n) is 9.74. The smallest absolute Gasteiger partial charge is 0.196 e. The maximum absolute atomic E-state index is 15.0. The molecule has 53 heavy (non-hydrogen) atoms. The van der Waals surface area contributed by atoms with Gasteiger partial charge in [0, 0.05) is 76.6 Å². The number of fused-ring (bicyclic) bond motifs is 8. The monoisotopic (exact) mass is 683 g/mol. The SMILES string of the molecule is C/C=c1\c(=C2\c3ccc4c(c3NC2C)C(=O)c2ccccc2C4=O)c(=O)c2ccc3c4ccc5c(=O)c6ccccc6c6nn(c7ccc1c2c37)c4c56. The maximum Gasteiger partial charge on any atom is 0.196 e. The van der Waals surface area contributed by atoms with Crippen LogP contribution in [-0.2, 0) is 0 Å². The first-order valence-electron chi connectivity index (χ1n) is 17.8. The molecule has 1 aliphatic carbocycles. The summed E-state index contributed by atoms with van der Waals surface area (Å²) in [6, 6.07) is 29.9. The Morgan fingerprint density at radius 2 is 1.26 bits per heavy atom. The molecule has 0 spiro atoms. The molecule has 10 aromatic rings. The number of nitrogens with zero attached hydrogens (tertiary/aromatic N) is 2.